The molecule has 3 nitrogen and oxygen atoms in total. The monoisotopic (exact) mass is 294 g/mol. The summed E-state index contributed by atoms with van der Waals surface area (Å²) in [5.41, 5.74) is 4.13. The molecule has 1 saturated carbocycles. The molecule has 0 spiro atoms. The van der Waals surface area contributed by atoms with Gasteiger partial charge in [0, 0.05) is 11.7 Å². The van der Waals surface area contributed by atoms with Crippen molar-refractivity contribution in [3.8, 4) is 0 Å². The van der Waals surface area contributed by atoms with E-state index in [0.717, 1.165) is 35.2 Å². The van der Waals surface area contributed by atoms with Crippen molar-refractivity contribution in [3.05, 3.63) is 65.2 Å². The molecule has 0 bridgehead atoms. The van der Waals surface area contributed by atoms with Gasteiger partial charge in [-0.2, -0.15) is 0 Å². The lowest BCUT2D eigenvalue weighted by Crippen LogP contribution is -2.34. The highest BCUT2D eigenvalue weighted by molar-refractivity contribution is 5.96. The average Bonchev–Trinajstić information content (AvgIpc) is 3.33. The summed E-state index contributed by atoms with van der Waals surface area (Å²) in [6, 6.07) is 16.2. The highest BCUT2D eigenvalue weighted by atomic mass is 16.2. The maximum absolute atomic E-state index is 12.8. The number of rotatable bonds is 5. The Morgan fingerprint density at radius 2 is 1.82 bits per heavy atom. The Hall–Kier alpha value is -2.13. The quantitative estimate of drug-likeness (QED) is 0.882. The van der Waals surface area contributed by atoms with Gasteiger partial charge in [-0.1, -0.05) is 42.5 Å². The van der Waals surface area contributed by atoms with E-state index in [9.17, 15) is 4.79 Å². The van der Waals surface area contributed by atoms with E-state index in [2.05, 4.69) is 16.7 Å². The van der Waals surface area contributed by atoms with E-state index in [1.807, 2.05) is 56.3 Å². The van der Waals surface area contributed by atoms with Crippen molar-refractivity contribution in [1.82, 2.24) is 5.32 Å². The van der Waals surface area contributed by atoms with E-state index in [-0.39, 0.29) is 11.9 Å². The third-order valence-corrected chi connectivity index (χ3v) is 4.03. The molecular formula is C19H22N2O. The van der Waals surface area contributed by atoms with Crippen LogP contribution >= 0.6 is 0 Å². The molecule has 3 rings (SSSR count). The van der Waals surface area contributed by atoms with Crippen LogP contribution in [0.15, 0.2) is 48.5 Å². The number of carbonyl (C=O) groups is 1. The largest absolute Gasteiger partial charge is 0.324 e. The minimum Gasteiger partial charge on any atom is -0.324 e. The lowest BCUT2D eigenvalue weighted by Gasteiger charge is -2.19. The second-order valence-electron chi connectivity index (χ2n) is 6.09. The first-order chi connectivity index (χ1) is 10.6. The molecule has 0 radical (unpaired) electrons. The van der Waals surface area contributed by atoms with Gasteiger partial charge in [-0.3, -0.25) is 10.1 Å². The summed E-state index contributed by atoms with van der Waals surface area (Å²) < 4.78 is 0. The fourth-order valence-corrected chi connectivity index (χ4v) is 2.53. The zero-order valence-corrected chi connectivity index (χ0v) is 13.1. The Balaban J connectivity index is 1.81. The van der Waals surface area contributed by atoms with Crippen LogP contribution in [0.25, 0.3) is 0 Å². The molecular weight excluding hydrogens is 272 g/mol. The van der Waals surface area contributed by atoms with Gasteiger partial charge < -0.3 is 5.32 Å². The molecule has 22 heavy (non-hydrogen) atoms. The number of hydrogen-bond donors (Lipinski definition) is 2. The smallest absolute Gasteiger partial charge is 0.246 e. The van der Waals surface area contributed by atoms with Crippen LogP contribution in [0.5, 0.6) is 0 Å². The van der Waals surface area contributed by atoms with Crippen molar-refractivity contribution < 1.29 is 4.79 Å². The number of nitrogens with one attached hydrogen (secondary N) is 2. The van der Waals surface area contributed by atoms with Crippen LogP contribution in [0.4, 0.5) is 5.69 Å². The highest BCUT2D eigenvalue weighted by Crippen LogP contribution is 2.26. The van der Waals surface area contributed by atoms with Gasteiger partial charge in [0.1, 0.15) is 6.04 Å². The summed E-state index contributed by atoms with van der Waals surface area (Å²) in [6.07, 6.45) is 2.31. The minimum absolute atomic E-state index is 0.00630. The van der Waals surface area contributed by atoms with Crippen LogP contribution in [0.2, 0.25) is 0 Å². The minimum atomic E-state index is -0.298. The van der Waals surface area contributed by atoms with Crippen molar-refractivity contribution in [2.24, 2.45) is 0 Å². The summed E-state index contributed by atoms with van der Waals surface area (Å²) in [4.78, 5) is 12.8. The van der Waals surface area contributed by atoms with Crippen LogP contribution in [0.1, 0.15) is 35.6 Å². The van der Waals surface area contributed by atoms with Gasteiger partial charge in [0.2, 0.25) is 5.91 Å². The van der Waals surface area contributed by atoms with E-state index >= 15 is 0 Å². The zero-order valence-electron chi connectivity index (χ0n) is 13.1. The van der Waals surface area contributed by atoms with Gasteiger partial charge in [-0.15, -0.1) is 0 Å². The molecule has 2 aromatic carbocycles. The molecule has 0 heterocycles. The standard InChI is InChI=1S/C19H22N2O/c1-13-8-9-14(2)17(12-13)21-19(22)18(20-16-10-11-16)15-6-4-3-5-7-15/h3-9,12,16,18,20H,10-11H2,1-2H3,(H,21,22)/t18-/m0/s1. The third kappa shape index (κ3) is 3.55. The van der Waals surface area contributed by atoms with Crippen molar-refractivity contribution in [3.63, 3.8) is 0 Å². The topological polar surface area (TPSA) is 41.1 Å². The molecule has 0 unspecified atom stereocenters. The Bertz CT molecular complexity index is 662. The Labute approximate surface area is 131 Å². The molecule has 114 valence electrons. The Morgan fingerprint density at radius 3 is 2.50 bits per heavy atom. The Morgan fingerprint density at radius 1 is 1.09 bits per heavy atom. The zero-order chi connectivity index (χ0) is 15.5. The summed E-state index contributed by atoms with van der Waals surface area (Å²) in [7, 11) is 0. The molecule has 1 atom stereocenters. The molecule has 1 aliphatic carbocycles. The number of anilines is 1. The average molecular weight is 294 g/mol. The first-order valence-corrected chi connectivity index (χ1v) is 7.82. The van der Waals surface area contributed by atoms with E-state index in [4.69, 9.17) is 0 Å². The first-order valence-electron chi connectivity index (χ1n) is 7.82. The van der Waals surface area contributed by atoms with Crippen LogP contribution in [0.3, 0.4) is 0 Å². The van der Waals surface area contributed by atoms with Crippen LogP contribution in [-0.2, 0) is 4.79 Å². The fraction of sp³-hybridized carbons (Fsp3) is 0.316. The number of amides is 1. The molecule has 2 aromatic rings. The number of carbonyl (C=O) groups excluding carboxylic acids is 1. The second kappa shape index (κ2) is 6.32. The molecule has 3 heteroatoms. The van der Waals surface area contributed by atoms with Crippen molar-refractivity contribution in [2.75, 3.05) is 5.32 Å². The van der Waals surface area contributed by atoms with Gasteiger partial charge in [0.25, 0.3) is 0 Å². The number of aryl methyl sites for hydroxylation is 2. The van der Waals surface area contributed by atoms with E-state index in [1.165, 1.54) is 0 Å². The lowest BCUT2D eigenvalue weighted by atomic mass is 10.1. The summed E-state index contributed by atoms with van der Waals surface area (Å²) in [5.74, 6) is 0.00630. The molecule has 0 aromatic heterocycles. The van der Waals surface area contributed by atoms with Gasteiger partial charge in [-0.25, -0.2) is 0 Å². The van der Waals surface area contributed by atoms with Crippen molar-refractivity contribution in [2.45, 2.75) is 38.8 Å². The van der Waals surface area contributed by atoms with Gasteiger partial charge >= 0.3 is 0 Å². The first kappa shape index (κ1) is 14.8. The molecule has 1 amide bonds. The second-order valence-corrected chi connectivity index (χ2v) is 6.09. The molecule has 1 aliphatic rings. The third-order valence-electron chi connectivity index (χ3n) is 4.03. The summed E-state index contributed by atoms with van der Waals surface area (Å²) in [6.45, 7) is 4.05. The van der Waals surface area contributed by atoms with E-state index in [0.29, 0.717) is 6.04 Å². The maximum atomic E-state index is 12.8. The fourth-order valence-electron chi connectivity index (χ4n) is 2.53. The normalized spacial score (nSPS) is 15.4. The van der Waals surface area contributed by atoms with Gasteiger partial charge in [0.15, 0.2) is 0 Å². The van der Waals surface area contributed by atoms with Crippen LogP contribution in [-0.4, -0.2) is 11.9 Å². The van der Waals surface area contributed by atoms with E-state index < -0.39 is 0 Å². The van der Waals surface area contributed by atoms with Crippen LogP contribution in [0, 0.1) is 13.8 Å². The Kier molecular flexibility index (Phi) is 4.25. The summed E-state index contributed by atoms with van der Waals surface area (Å²) in [5, 5.41) is 6.53. The number of benzene rings is 2. The van der Waals surface area contributed by atoms with Crippen molar-refractivity contribution in [1.29, 1.82) is 0 Å². The van der Waals surface area contributed by atoms with E-state index in [1.54, 1.807) is 0 Å². The SMILES string of the molecule is Cc1ccc(C)c(NC(=O)[C@@H](NC2CC2)c2ccccc2)c1. The highest BCUT2D eigenvalue weighted by Gasteiger charge is 2.29. The predicted molar refractivity (Wildman–Crippen MR) is 89.9 cm³/mol. The van der Waals surface area contributed by atoms with Gasteiger partial charge in [-0.05, 0) is 49.4 Å². The molecule has 1 fully saturated rings. The molecule has 0 aliphatic heterocycles. The number of hydrogen-bond acceptors (Lipinski definition) is 2. The summed E-state index contributed by atoms with van der Waals surface area (Å²) >= 11 is 0. The maximum Gasteiger partial charge on any atom is 0.246 e. The molecule has 2 N–H and O–H groups in total. The molecule has 0 saturated heterocycles. The van der Waals surface area contributed by atoms with Gasteiger partial charge in [0.05, 0.1) is 0 Å². The lowest BCUT2D eigenvalue weighted by molar-refractivity contribution is -0.118. The predicted octanol–water partition coefficient (Wildman–Crippen LogP) is 3.74. The van der Waals surface area contributed by atoms with Crippen LogP contribution < -0.4 is 10.6 Å². The van der Waals surface area contributed by atoms with Crippen molar-refractivity contribution >= 4 is 11.6 Å².